The highest BCUT2D eigenvalue weighted by Crippen LogP contribution is 2.23. The number of primary amides is 1. The number of amides is 1. The van der Waals surface area contributed by atoms with E-state index < -0.39 is 0 Å². The second-order valence-electron chi connectivity index (χ2n) is 5.13. The molecular formula is C14H21N3OS. The number of nitrogens with zero attached hydrogens (tertiary/aromatic N) is 1. The van der Waals surface area contributed by atoms with Crippen LogP contribution in [-0.4, -0.2) is 24.0 Å². The number of hydrogen-bond acceptors (Lipinski definition) is 3. The molecule has 0 saturated carbocycles. The maximum absolute atomic E-state index is 11.2. The highest BCUT2D eigenvalue weighted by atomic mass is 32.1. The first kappa shape index (κ1) is 15.4. The first-order chi connectivity index (χ1) is 8.81. The molecule has 1 amide bonds. The van der Waals surface area contributed by atoms with Gasteiger partial charge in [0, 0.05) is 17.8 Å². The topological polar surface area (TPSA) is 72.3 Å². The summed E-state index contributed by atoms with van der Waals surface area (Å²) in [6.45, 7) is 7.04. The van der Waals surface area contributed by atoms with Gasteiger partial charge in [-0.1, -0.05) is 37.7 Å². The van der Waals surface area contributed by atoms with E-state index >= 15 is 0 Å². The van der Waals surface area contributed by atoms with Crippen molar-refractivity contribution in [1.29, 1.82) is 0 Å². The molecule has 1 aromatic carbocycles. The van der Waals surface area contributed by atoms with Crippen LogP contribution in [0.3, 0.4) is 0 Å². The quantitative estimate of drug-likeness (QED) is 0.775. The van der Waals surface area contributed by atoms with E-state index in [0.717, 1.165) is 23.4 Å². The van der Waals surface area contributed by atoms with Crippen molar-refractivity contribution in [3.63, 3.8) is 0 Å². The Morgan fingerprint density at radius 1 is 1.37 bits per heavy atom. The molecule has 0 saturated heterocycles. The molecule has 0 atom stereocenters. The van der Waals surface area contributed by atoms with Gasteiger partial charge in [-0.05, 0) is 25.0 Å². The lowest BCUT2D eigenvalue weighted by Gasteiger charge is -2.27. The summed E-state index contributed by atoms with van der Waals surface area (Å²) in [6.07, 6.45) is 0. The minimum Gasteiger partial charge on any atom is -0.389 e. The number of benzene rings is 1. The summed E-state index contributed by atoms with van der Waals surface area (Å²) in [6, 6.07) is 5.85. The van der Waals surface area contributed by atoms with Crippen LogP contribution in [0, 0.1) is 12.8 Å². The summed E-state index contributed by atoms with van der Waals surface area (Å²) >= 11 is 5.09. The summed E-state index contributed by atoms with van der Waals surface area (Å²) in [5, 5.41) is 0. The molecule has 0 spiro atoms. The molecular weight excluding hydrogens is 258 g/mol. The fourth-order valence-electron chi connectivity index (χ4n) is 2.00. The summed E-state index contributed by atoms with van der Waals surface area (Å²) in [5.74, 6) is 0.0370. The monoisotopic (exact) mass is 279 g/mol. The molecule has 0 heterocycles. The average Bonchev–Trinajstić information content (AvgIpc) is 2.26. The average molecular weight is 279 g/mol. The minimum absolute atomic E-state index is 0.164. The van der Waals surface area contributed by atoms with Gasteiger partial charge in [0.15, 0.2) is 0 Å². The Morgan fingerprint density at radius 2 is 2.00 bits per heavy atom. The number of carbonyl (C=O) groups is 1. The molecule has 0 aliphatic rings. The van der Waals surface area contributed by atoms with Crippen molar-refractivity contribution in [3.05, 3.63) is 29.3 Å². The Kier molecular flexibility index (Phi) is 5.30. The number of rotatable bonds is 6. The predicted molar refractivity (Wildman–Crippen MR) is 83.3 cm³/mol. The van der Waals surface area contributed by atoms with E-state index in [0.29, 0.717) is 10.9 Å². The van der Waals surface area contributed by atoms with Gasteiger partial charge < -0.3 is 16.4 Å². The lowest BCUT2D eigenvalue weighted by atomic mass is 10.1. The van der Waals surface area contributed by atoms with Crippen LogP contribution in [0.2, 0.25) is 0 Å². The third-order valence-electron chi connectivity index (χ3n) is 2.69. The van der Waals surface area contributed by atoms with Crippen molar-refractivity contribution >= 4 is 28.8 Å². The van der Waals surface area contributed by atoms with Gasteiger partial charge >= 0.3 is 0 Å². The Balaban J connectivity index is 3.20. The first-order valence-corrected chi connectivity index (χ1v) is 6.65. The standard InChI is InChI=1S/C14H21N3OS/c1-9(2)7-17(8-13(15)18)12-5-4-10(3)6-11(12)14(16)19/h4-6,9H,7-8H2,1-3H3,(H2,15,18)(H2,16,19). The van der Waals surface area contributed by atoms with Crippen LogP contribution < -0.4 is 16.4 Å². The molecule has 0 fully saturated rings. The van der Waals surface area contributed by atoms with Crippen LogP contribution in [0.25, 0.3) is 0 Å². The van der Waals surface area contributed by atoms with Crippen LogP contribution in [0.5, 0.6) is 0 Å². The van der Waals surface area contributed by atoms with E-state index in [1.54, 1.807) is 0 Å². The number of thiocarbonyl (C=S) groups is 1. The van der Waals surface area contributed by atoms with Crippen molar-refractivity contribution in [1.82, 2.24) is 0 Å². The summed E-state index contributed by atoms with van der Waals surface area (Å²) < 4.78 is 0. The molecule has 4 N–H and O–H groups in total. The molecule has 5 heteroatoms. The molecule has 19 heavy (non-hydrogen) atoms. The zero-order chi connectivity index (χ0) is 14.6. The molecule has 4 nitrogen and oxygen atoms in total. The van der Waals surface area contributed by atoms with Crippen molar-refractivity contribution in [2.45, 2.75) is 20.8 Å². The normalized spacial score (nSPS) is 10.5. The highest BCUT2D eigenvalue weighted by molar-refractivity contribution is 7.80. The second-order valence-corrected chi connectivity index (χ2v) is 5.57. The van der Waals surface area contributed by atoms with E-state index in [1.165, 1.54) is 0 Å². The van der Waals surface area contributed by atoms with Gasteiger partial charge in [-0.15, -0.1) is 0 Å². The largest absolute Gasteiger partial charge is 0.389 e. The maximum Gasteiger partial charge on any atom is 0.236 e. The van der Waals surface area contributed by atoms with Gasteiger partial charge in [0.05, 0.1) is 6.54 Å². The van der Waals surface area contributed by atoms with Crippen molar-refractivity contribution < 1.29 is 4.79 Å². The second kappa shape index (κ2) is 6.52. The van der Waals surface area contributed by atoms with E-state index in [1.807, 2.05) is 30.0 Å². The van der Waals surface area contributed by atoms with Crippen LogP contribution in [-0.2, 0) is 4.79 Å². The SMILES string of the molecule is Cc1ccc(N(CC(N)=O)CC(C)C)c(C(N)=S)c1. The van der Waals surface area contributed by atoms with Gasteiger partial charge in [0.1, 0.15) is 4.99 Å². The van der Waals surface area contributed by atoms with Crippen LogP contribution in [0.15, 0.2) is 18.2 Å². The summed E-state index contributed by atoms with van der Waals surface area (Å²) in [7, 11) is 0. The molecule has 1 aromatic rings. The van der Waals surface area contributed by atoms with E-state index in [-0.39, 0.29) is 12.5 Å². The zero-order valence-corrected chi connectivity index (χ0v) is 12.5. The summed E-state index contributed by atoms with van der Waals surface area (Å²) in [4.78, 5) is 13.5. The lowest BCUT2D eigenvalue weighted by Crippen LogP contribution is -2.37. The Morgan fingerprint density at radius 3 is 2.47 bits per heavy atom. The molecule has 0 aromatic heterocycles. The predicted octanol–water partition coefficient (Wildman–Crippen LogP) is 1.58. The Hall–Kier alpha value is -1.62. The van der Waals surface area contributed by atoms with Gasteiger partial charge in [0.2, 0.25) is 5.91 Å². The molecule has 1 rings (SSSR count). The summed E-state index contributed by atoms with van der Waals surface area (Å²) in [5.41, 5.74) is 13.8. The van der Waals surface area contributed by atoms with E-state index in [9.17, 15) is 4.79 Å². The molecule has 0 bridgehead atoms. The van der Waals surface area contributed by atoms with Gasteiger partial charge in [-0.2, -0.15) is 0 Å². The molecule has 0 radical (unpaired) electrons. The number of hydrogen-bond donors (Lipinski definition) is 2. The maximum atomic E-state index is 11.2. The fourth-order valence-corrected chi connectivity index (χ4v) is 2.16. The third kappa shape index (κ3) is 4.52. The van der Waals surface area contributed by atoms with E-state index in [4.69, 9.17) is 23.7 Å². The number of anilines is 1. The lowest BCUT2D eigenvalue weighted by molar-refractivity contribution is -0.116. The van der Waals surface area contributed by atoms with Crippen molar-refractivity contribution in [2.24, 2.45) is 17.4 Å². The third-order valence-corrected chi connectivity index (χ3v) is 2.91. The van der Waals surface area contributed by atoms with Gasteiger partial charge in [-0.3, -0.25) is 4.79 Å². The zero-order valence-electron chi connectivity index (χ0n) is 11.6. The van der Waals surface area contributed by atoms with Crippen molar-refractivity contribution in [2.75, 3.05) is 18.0 Å². The van der Waals surface area contributed by atoms with Crippen LogP contribution in [0.4, 0.5) is 5.69 Å². The molecule has 104 valence electrons. The number of nitrogens with two attached hydrogens (primary N) is 2. The van der Waals surface area contributed by atoms with Crippen molar-refractivity contribution in [3.8, 4) is 0 Å². The molecule has 0 aliphatic carbocycles. The van der Waals surface area contributed by atoms with E-state index in [2.05, 4.69) is 13.8 Å². The highest BCUT2D eigenvalue weighted by Gasteiger charge is 2.16. The van der Waals surface area contributed by atoms with Crippen LogP contribution in [0.1, 0.15) is 25.0 Å². The Bertz CT molecular complexity index is 486. The fraction of sp³-hybridized carbons (Fsp3) is 0.429. The van der Waals surface area contributed by atoms with Gasteiger partial charge in [-0.25, -0.2) is 0 Å². The number of aryl methyl sites for hydroxylation is 1. The van der Waals surface area contributed by atoms with Gasteiger partial charge in [0.25, 0.3) is 0 Å². The first-order valence-electron chi connectivity index (χ1n) is 6.25. The minimum atomic E-state index is -0.366. The molecule has 0 unspecified atom stereocenters. The number of carbonyl (C=O) groups excluding carboxylic acids is 1. The smallest absolute Gasteiger partial charge is 0.236 e. The molecule has 0 aliphatic heterocycles. The van der Waals surface area contributed by atoms with Crippen LogP contribution >= 0.6 is 12.2 Å². The Labute approximate surface area is 119 Å².